The van der Waals surface area contributed by atoms with Crippen LogP contribution in [0.15, 0.2) is 0 Å². The zero-order valence-electron chi connectivity index (χ0n) is 13.2. The van der Waals surface area contributed by atoms with Gasteiger partial charge in [-0.15, -0.1) is 0 Å². The number of hydrogen-bond donors (Lipinski definition) is 0. The van der Waals surface area contributed by atoms with Crippen LogP contribution in [0.4, 0.5) is 0 Å². The molecule has 12 heteroatoms. The Kier molecular flexibility index (Phi) is 21.0. The second kappa shape index (κ2) is 16.2. The molecule has 0 fully saturated rings. The molecule has 0 aromatic rings. The van der Waals surface area contributed by atoms with E-state index in [-0.39, 0.29) is 72.3 Å². The Morgan fingerprint density at radius 3 is 1.00 bits per heavy atom. The largest absolute Gasteiger partial charge is 1.00 e. The van der Waals surface area contributed by atoms with Crippen molar-refractivity contribution in [1.29, 1.82) is 0 Å². The van der Waals surface area contributed by atoms with Crippen LogP contribution in [0.25, 0.3) is 0 Å². The molecule has 0 atom stereocenters. The third kappa shape index (κ3) is 26.6. The molecular formula is C10H20Na2O8S2. The van der Waals surface area contributed by atoms with Crippen molar-refractivity contribution < 1.29 is 93.4 Å². The predicted octanol–water partition coefficient (Wildman–Crippen LogP) is -4.93. The molecule has 0 rings (SSSR count). The Labute approximate surface area is 177 Å². The van der Waals surface area contributed by atoms with Gasteiger partial charge in [-0.25, -0.2) is 16.8 Å². The molecular weight excluding hydrogens is 358 g/mol. The maximum Gasteiger partial charge on any atom is 1.00 e. The van der Waals surface area contributed by atoms with Crippen LogP contribution in [-0.2, 0) is 29.2 Å². The molecule has 0 aliphatic heterocycles. The summed E-state index contributed by atoms with van der Waals surface area (Å²) in [5.41, 5.74) is 0. The van der Waals surface area contributed by atoms with Gasteiger partial charge in [-0.3, -0.25) is 8.37 Å². The molecule has 0 bridgehead atoms. The summed E-state index contributed by atoms with van der Waals surface area (Å²) in [4.78, 5) is 0. The first kappa shape index (κ1) is 28.5. The number of rotatable bonds is 13. The standard InChI is InChI=1S/C10H22O8S2.2Na/c11-19(12,13)17-9-7-5-3-1-2-4-6-8-10-18-20(14,15)16;;/h1-10H2,(H,11,12,13)(H,14,15,16);;/q;2*+1/p-2. The van der Waals surface area contributed by atoms with E-state index in [4.69, 9.17) is 0 Å². The van der Waals surface area contributed by atoms with Crippen molar-refractivity contribution in [3.8, 4) is 0 Å². The van der Waals surface area contributed by atoms with E-state index in [9.17, 15) is 25.9 Å². The Balaban J connectivity index is -0.00000180. The van der Waals surface area contributed by atoms with Crippen molar-refractivity contribution in [3.63, 3.8) is 0 Å². The van der Waals surface area contributed by atoms with Gasteiger partial charge in [0.05, 0.1) is 13.2 Å². The summed E-state index contributed by atoms with van der Waals surface area (Å²) in [6.07, 6.45) is 6.37. The van der Waals surface area contributed by atoms with Gasteiger partial charge < -0.3 is 9.11 Å². The first-order valence-electron chi connectivity index (χ1n) is 6.41. The van der Waals surface area contributed by atoms with Crippen LogP contribution in [0.1, 0.15) is 51.4 Å². The normalized spacial score (nSPS) is 11.5. The quantitative estimate of drug-likeness (QED) is 0.135. The van der Waals surface area contributed by atoms with E-state index in [0.29, 0.717) is 12.8 Å². The zero-order valence-corrected chi connectivity index (χ0v) is 18.8. The summed E-state index contributed by atoms with van der Waals surface area (Å²) < 4.78 is 68.8. The van der Waals surface area contributed by atoms with Crippen molar-refractivity contribution in [2.75, 3.05) is 13.2 Å². The molecule has 0 aromatic heterocycles. The molecule has 0 aliphatic carbocycles. The molecule has 0 unspecified atom stereocenters. The van der Waals surface area contributed by atoms with E-state index in [1.165, 1.54) is 0 Å². The van der Waals surface area contributed by atoms with Crippen LogP contribution in [-0.4, -0.2) is 39.2 Å². The van der Waals surface area contributed by atoms with Crippen LogP contribution >= 0.6 is 0 Å². The molecule has 122 valence electrons. The minimum atomic E-state index is -4.57. The molecule has 0 amide bonds. The molecule has 0 saturated carbocycles. The molecule has 0 heterocycles. The third-order valence-corrected chi connectivity index (χ3v) is 3.40. The fourth-order valence-corrected chi connectivity index (χ4v) is 2.23. The predicted molar refractivity (Wildman–Crippen MR) is 68.2 cm³/mol. The van der Waals surface area contributed by atoms with E-state index < -0.39 is 20.8 Å². The molecule has 0 N–H and O–H groups in total. The second-order valence-corrected chi connectivity index (χ2v) is 6.39. The van der Waals surface area contributed by atoms with Gasteiger partial charge >= 0.3 is 59.1 Å². The fraction of sp³-hybridized carbons (Fsp3) is 1.00. The first-order chi connectivity index (χ1) is 9.21. The second-order valence-electron chi connectivity index (χ2n) is 4.29. The average molecular weight is 378 g/mol. The van der Waals surface area contributed by atoms with Gasteiger partial charge in [-0.2, -0.15) is 0 Å². The minimum absolute atomic E-state index is 0. The molecule has 22 heavy (non-hydrogen) atoms. The van der Waals surface area contributed by atoms with Crippen LogP contribution in [0.3, 0.4) is 0 Å². The Hall–Kier alpha value is 1.74. The number of unbranched alkanes of at least 4 members (excludes halogenated alkanes) is 7. The summed E-state index contributed by atoms with van der Waals surface area (Å²) in [6, 6.07) is 0. The van der Waals surface area contributed by atoms with E-state index in [1.54, 1.807) is 0 Å². The Morgan fingerprint density at radius 1 is 0.545 bits per heavy atom. The van der Waals surface area contributed by atoms with Gasteiger partial charge in [0.2, 0.25) is 20.8 Å². The van der Waals surface area contributed by atoms with E-state index in [0.717, 1.165) is 38.5 Å². The molecule has 8 nitrogen and oxygen atoms in total. The van der Waals surface area contributed by atoms with Crippen LogP contribution in [0.5, 0.6) is 0 Å². The van der Waals surface area contributed by atoms with Gasteiger partial charge in [-0.1, -0.05) is 38.5 Å². The fourth-order valence-electron chi connectivity index (χ4n) is 1.59. The smallest absolute Gasteiger partial charge is 0.726 e. The van der Waals surface area contributed by atoms with Gasteiger partial charge in [-0.05, 0) is 12.8 Å². The molecule has 0 aliphatic rings. The minimum Gasteiger partial charge on any atom is -0.726 e. The SMILES string of the molecule is O=S(=O)([O-])OCCCCCCCCCCOS(=O)(=O)[O-].[Na+].[Na+]. The van der Waals surface area contributed by atoms with Crippen molar-refractivity contribution in [3.05, 3.63) is 0 Å². The van der Waals surface area contributed by atoms with Crippen molar-refractivity contribution in [1.82, 2.24) is 0 Å². The van der Waals surface area contributed by atoms with Crippen molar-refractivity contribution in [2.24, 2.45) is 0 Å². The Morgan fingerprint density at radius 2 is 0.773 bits per heavy atom. The van der Waals surface area contributed by atoms with Gasteiger partial charge in [0, 0.05) is 0 Å². The maximum atomic E-state index is 10.1. The van der Waals surface area contributed by atoms with Crippen LogP contribution < -0.4 is 59.1 Å². The zero-order chi connectivity index (χ0) is 15.5. The average Bonchev–Trinajstić information content (AvgIpc) is 2.27. The van der Waals surface area contributed by atoms with Crippen molar-refractivity contribution in [2.45, 2.75) is 51.4 Å². The first-order valence-corrected chi connectivity index (χ1v) is 9.08. The third-order valence-electron chi connectivity index (χ3n) is 2.49. The van der Waals surface area contributed by atoms with E-state index in [1.807, 2.05) is 0 Å². The van der Waals surface area contributed by atoms with Crippen LogP contribution in [0, 0.1) is 0 Å². The summed E-state index contributed by atoms with van der Waals surface area (Å²) >= 11 is 0. The van der Waals surface area contributed by atoms with E-state index in [2.05, 4.69) is 8.37 Å². The summed E-state index contributed by atoms with van der Waals surface area (Å²) in [6.45, 7) is -0.153. The van der Waals surface area contributed by atoms with Gasteiger partial charge in [0.25, 0.3) is 0 Å². The number of hydrogen-bond acceptors (Lipinski definition) is 8. The topological polar surface area (TPSA) is 133 Å². The summed E-state index contributed by atoms with van der Waals surface area (Å²) in [7, 11) is -9.14. The van der Waals surface area contributed by atoms with Gasteiger partial charge in [0.15, 0.2) is 0 Å². The summed E-state index contributed by atoms with van der Waals surface area (Å²) in [5.74, 6) is 0. The molecule has 0 saturated heterocycles. The molecule has 0 aromatic carbocycles. The Bertz CT molecular complexity index is 396. The van der Waals surface area contributed by atoms with Crippen LogP contribution in [0.2, 0.25) is 0 Å². The molecule has 0 spiro atoms. The maximum absolute atomic E-state index is 10.1. The molecule has 0 radical (unpaired) electrons. The van der Waals surface area contributed by atoms with Gasteiger partial charge in [0.1, 0.15) is 0 Å². The van der Waals surface area contributed by atoms with Crippen molar-refractivity contribution >= 4 is 20.8 Å². The summed E-state index contributed by atoms with van der Waals surface area (Å²) in [5, 5.41) is 0. The monoisotopic (exact) mass is 378 g/mol. The van der Waals surface area contributed by atoms with E-state index >= 15 is 0 Å².